The highest BCUT2D eigenvalue weighted by Gasteiger charge is 2.26. The first-order valence-corrected chi connectivity index (χ1v) is 8.40. The second-order valence-corrected chi connectivity index (χ2v) is 7.63. The van der Waals surface area contributed by atoms with Gasteiger partial charge in [-0.05, 0) is 19.0 Å². The van der Waals surface area contributed by atoms with Gasteiger partial charge in [-0.25, -0.2) is 0 Å². The predicted molar refractivity (Wildman–Crippen MR) is 63.8 cm³/mol. The van der Waals surface area contributed by atoms with Crippen molar-refractivity contribution in [3.05, 3.63) is 0 Å². The molecule has 2 nitrogen and oxygen atoms in total. The molecule has 0 aliphatic rings. The molecule has 0 N–H and O–H groups in total. The average molecular weight is 218 g/mol. The largest absolute Gasteiger partial charge is 0.398 e. The Kier molecular flexibility index (Phi) is 8.53. The Hall–Kier alpha value is 0.137. The molecule has 0 aromatic carbocycles. The lowest BCUT2D eigenvalue weighted by atomic mass is 10.2. The van der Waals surface area contributed by atoms with Crippen LogP contribution >= 0.6 is 0 Å². The van der Waals surface area contributed by atoms with E-state index in [0.29, 0.717) is 0 Å². The topological polar surface area (TPSA) is 18.5 Å². The van der Waals surface area contributed by atoms with Crippen LogP contribution in [-0.4, -0.2) is 22.3 Å². The van der Waals surface area contributed by atoms with E-state index in [9.17, 15) is 0 Å². The van der Waals surface area contributed by atoms with Crippen molar-refractivity contribution in [1.82, 2.24) is 0 Å². The maximum Gasteiger partial charge on any atom is 0.334 e. The summed E-state index contributed by atoms with van der Waals surface area (Å²) in [4.78, 5) is 0. The molecule has 1 unspecified atom stereocenters. The monoisotopic (exact) mass is 218 g/mol. The van der Waals surface area contributed by atoms with E-state index in [1.54, 1.807) is 7.11 Å². The lowest BCUT2D eigenvalue weighted by molar-refractivity contribution is 0.201. The van der Waals surface area contributed by atoms with Gasteiger partial charge in [-0.15, -0.1) is 0 Å². The first-order chi connectivity index (χ1) is 6.68. The van der Waals surface area contributed by atoms with Crippen LogP contribution in [0.25, 0.3) is 0 Å². The van der Waals surface area contributed by atoms with Crippen LogP contribution in [0.15, 0.2) is 0 Å². The van der Waals surface area contributed by atoms with E-state index in [0.717, 1.165) is 12.7 Å². The van der Waals surface area contributed by atoms with Gasteiger partial charge >= 0.3 is 8.56 Å². The van der Waals surface area contributed by atoms with Crippen LogP contribution in [0, 0.1) is 0 Å². The molecule has 0 fully saturated rings. The second-order valence-electron chi connectivity index (χ2n) is 3.95. The van der Waals surface area contributed by atoms with E-state index >= 15 is 0 Å². The Morgan fingerprint density at radius 3 is 2.14 bits per heavy atom. The molecule has 86 valence electrons. The van der Waals surface area contributed by atoms with E-state index in [-0.39, 0.29) is 0 Å². The van der Waals surface area contributed by atoms with Crippen LogP contribution in [0.2, 0.25) is 12.6 Å². The summed E-state index contributed by atoms with van der Waals surface area (Å²) in [5.41, 5.74) is 0. The molecule has 0 heterocycles. The minimum Gasteiger partial charge on any atom is -0.398 e. The highest BCUT2D eigenvalue weighted by Crippen LogP contribution is 2.12. The van der Waals surface area contributed by atoms with Crippen molar-refractivity contribution in [2.75, 3.05) is 13.7 Å². The van der Waals surface area contributed by atoms with Crippen molar-refractivity contribution in [3.8, 4) is 0 Å². The van der Waals surface area contributed by atoms with Crippen LogP contribution in [0.5, 0.6) is 0 Å². The molecule has 0 saturated carbocycles. The Morgan fingerprint density at radius 2 is 1.64 bits per heavy atom. The highest BCUT2D eigenvalue weighted by atomic mass is 28.4. The van der Waals surface area contributed by atoms with Crippen molar-refractivity contribution in [2.24, 2.45) is 0 Å². The summed E-state index contributed by atoms with van der Waals surface area (Å²) in [7, 11) is 0.00481. The van der Waals surface area contributed by atoms with Crippen molar-refractivity contribution in [2.45, 2.75) is 58.5 Å². The van der Waals surface area contributed by atoms with Crippen LogP contribution in [0.4, 0.5) is 0 Å². The van der Waals surface area contributed by atoms with Gasteiger partial charge in [-0.1, -0.05) is 39.5 Å². The van der Waals surface area contributed by atoms with Gasteiger partial charge in [0.25, 0.3) is 0 Å². The smallest absolute Gasteiger partial charge is 0.334 e. The minimum absolute atomic E-state index is 0.883. The summed E-state index contributed by atoms with van der Waals surface area (Å²) in [6.45, 7) is 7.41. The van der Waals surface area contributed by atoms with E-state index in [1.807, 2.05) is 0 Å². The summed E-state index contributed by atoms with van der Waals surface area (Å²) in [5.74, 6) is 0. The second kappa shape index (κ2) is 8.45. The third-order valence-corrected chi connectivity index (χ3v) is 5.69. The number of hydrogen-bond donors (Lipinski definition) is 0. The molecule has 0 radical (unpaired) electrons. The zero-order valence-corrected chi connectivity index (χ0v) is 11.3. The third kappa shape index (κ3) is 6.57. The van der Waals surface area contributed by atoms with Crippen molar-refractivity contribution in [3.63, 3.8) is 0 Å². The summed E-state index contributed by atoms with van der Waals surface area (Å²) < 4.78 is 11.3. The lowest BCUT2D eigenvalue weighted by Crippen LogP contribution is -2.36. The van der Waals surface area contributed by atoms with Crippen molar-refractivity contribution >= 4 is 8.56 Å². The molecule has 0 spiro atoms. The van der Waals surface area contributed by atoms with E-state index in [2.05, 4.69) is 20.4 Å². The van der Waals surface area contributed by atoms with Gasteiger partial charge in [0, 0.05) is 13.7 Å². The molecule has 0 aliphatic heterocycles. The van der Waals surface area contributed by atoms with Gasteiger partial charge in [-0.2, -0.15) is 0 Å². The fraction of sp³-hybridized carbons (Fsp3) is 1.00. The Labute approximate surface area is 90.2 Å². The van der Waals surface area contributed by atoms with Crippen molar-refractivity contribution < 1.29 is 8.85 Å². The van der Waals surface area contributed by atoms with Gasteiger partial charge in [-0.3, -0.25) is 0 Å². The van der Waals surface area contributed by atoms with Crippen molar-refractivity contribution in [1.29, 1.82) is 0 Å². The van der Waals surface area contributed by atoms with Gasteiger partial charge in [0.15, 0.2) is 0 Å². The fourth-order valence-electron chi connectivity index (χ4n) is 1.30. The molecule has 0 saturated heterocycles. The Balaban J connectivity index is 3.34. The quantitative estimate of drug-likeness (QED) is 0.434. The first-order valence-electron chi connectivity index (χ1n) is 5.87. The standard InChI is InChI=1S/C11H26O2Si/c1-5-7-8-9-10-11-13-14(4,6-2)12-3/h5-11H2,1-4H3. The third-order valence-electron chi connectivity index (χ3n) is 2.73. The average Bonchev–Trinajstić information content (AvgIpc) is 2.23. The SMILES string of the molecule is CCCCCCCO[Si](C)(CC)OC. The molecule has 0 aromatic heterocycles. The number of rotatable bonds is 9. The van der Waals surface area contributed by atoms with Crippen LogP contribution < -0.4 is 0 Å². The maximum atomic E-state index is 5.82. The molecule has 1 atom stereocenters. The molecule has 14 heavy (non-hydrogen) atoms. The van der Waals surface area contributed by atoms with Crippen LogP contribution in [0.3, 0.4) is 0 Å². The molecule has 3 heteroatoms. The lowest BCUT2D eigenvalue weighted by Gasteiger charge is -2.23. The summed E-state index contributed by atoms with van der Waals surface area (Å²) in [6, 6.07) is 1.04. The minimum atomic E-state index is -1.77. The van der Waals surface area contributed by atoms with E-state index in [4.69, 9.17) is 8.85 Å². The van der Waals surface area contributed by atoms with E-state index < -0.39 is 8.56 Å². The molecular formula is C11H26O2Si. The zero-order valence-electron chi connectivity index (χ0n) is 10.3. The Morgan fingerprint density at radius 1 is 1.00 bits per heavy atom. The van der Waals surface area contributed by atoms with Crippen LogP contribution in [-0.2, 0) is 8.85 Å². The summed E-state index contributed by atoms with van der Waals surface area (Å²) >= 11 is 0. The summed E-state index contributed by atoms with van der Waals surface area (Å²) in [5, 5.41) is 0. The van der Waals surface area contributed by atoms with Crippen LogP contribution in [0.1, 0.15) is 46.0 Å². The van der Waals surface area contributed by atoms with Gasteiger partial charge in [0.2, 0.25) is 0 Å². The van der Waals surface area contributed by atoms with E-state index in [1.165, 1.54) is 32.1 Å². The first kappa shape index (κ1) is 14.1. The predicted octanol–water partition coefficient (Wildman–Crippen LogP) is 3.71. The Bertz CT molecular complexity index is 124. The molecule has 0 aromatic rings. The highest BCUT2D eigenvalue weighted by molar-refractivity contribution is 6.65. The normalized spacial score (nSPS) is 15.4. The zero-order chi connectivity index (χ0) is 10.9. The molecule has 0 rings (SSSR count). The molecule has 0 bridgehead atoms. The van der Waals surface area contributed by atoms with Gasteiger partial charge < -0.3 is 8.85 Å². The number of hydrogen-bond acceptors (Lipinski definition) is 2. The van der Waals surface area contributed by atoms with Gasteiger partial charge in [0.1, 0.15) is 0 Å². The molecular weight excluding hydrogens is 192 g/mol. The number of unbranched alkanes of at least 4 members (excludes halogenated alkanes) is 4. The maximum absolute atomic E-state index is 5.82. The van der Waals surface area contributed by atoms with Gasteiger partial charge in [0.05, 0.1) is 0 Å². The summed E-state index contributed by atoms with van der Waals surface area (Å²) in [6.07, 6.45) is 6.49. The molecule has 0 amide bonds. The molecule has 0 aliphatic carbocycles. The fourth-order valence-corrected chi connectivity index (χ4v) is 2.49.